The summed E-state index contributed by atoms with van der Waals surface area (Å²) in [6.07, 6.45) is 8.56. The standard InChI is InChI=1S/C14H25NOS/c1-5-8-12(11-17(16)14(2,3)4)13-9-6-7-10-15-13/h9-10,12H,5-8,11H2,1-4H3/t12?,17-/m1/s1. The van der Waals surface area contributed by atoms with Crippen molar-refractivity contribution in [3.05, 3.63) is 11.8 Å². The summed E-state index contributed by atoms with van der Waals surface area (Å²) in [6.45, 7) is 8.32. The van der Waals surface area contributed by atoms with Crippen LogP contribution in [0.4, 0.5) is 0 Å². The zero-order valence-corrected chi connectivity index (χ0v) is 12.3. The molecule has 2 nitrogen and oxygen atoms in total. The second-order valence-corrected chi connectivity index (χ2v) is 7.88. The maximum atomic E-state index is 12.2. The van der Waals surface area contributed by atoms with E-state index in [4.69, 9.17) is 0 Å². The molecular formula is C14H25NOS. The lowest BCUT2D eigenvalue weighted by atomic mass is 10.00. The largest absolute Gasteiger partial charge is 0.266 e. The third kappa shape index (κ3) is 4.74. The lowest BCUT2D eigenvalue weighted by molar-refractivity contribution is 0.578. The number of allylic oxidation sites excluding steroid dienone is 2. The maximum absolute atomic E-state index is 12.2. The molecule has 0 aliphatic carbocycles. The van der Waals surface area contributed by atoms with Gasteiger partial charge < -0.3 is 0 Å². The van der Waals surface area contributed by atoms with E-state index in [-0.39, 0.29) is 4.75 Å². The fourth-order valence-corrected chi connectivity index (χ4v) is 3.10. The van der Waals surface area contributed by atoms with E-state index in [1.54, 1.807) is 0 Å². The highest BCUT2D eigenvalue weighted by atomic mass is 32.2. The molecule has 0 radical (unpaired) electrons. The molecule has 2 atom stereocenters. The van der Waals surface area contributed by atoms with Crippen LogP contribution in [0.15, 0.2) is 16.8 Å². The Kier molecular flexibility index (Phi) is 5.57. The van der Waals surface area contributed by atoms with Gasteiger partial charge in [0.15, 0.2) is 0 Å². The molecular weight excluding hydrogens is 230 g/mol. The van der Waals surface area contributed by atoms with Crippen molar-refractivity contribution in [2.24, 2.45) is 10.9 Å². The van der Waals surface area contributed by atoms with Crippen LogP contribution in [0.3, 0.4) is 0 Å². The Hall–Kier alpha value is -0.440. The van der Waals surface area contributed by atoms with Gasteiger partial charge in [-0.05, 0) is 40.0 Å². The van der Waals surface area contributed by atoms with Crippen molar-refractivity contribution in [2.45, 2.75) is 58.1 Å². The van der Waals surface area contributed by atoms with Crippen LogP contribution >= 0.6 is 0 Å². The van der Waals surface area contributed by atoms with Crippen molar-refractivity contribution >= 4 is 17.0 Å². The van der Waals surface area contributed by atoms with Gasteiger partial charge in [-0.3, -0.25) is 9.20 Å². The lowest BCUT2D eigenvalue weighted by Gasteiger charge is -2.24. The Bertz CT molecular complexity index is 326. The average Bonchev–Trinajstić information content (AvgIpc) is 2.28. The van der Waals surface area contributed by atoms with E-state index < -0.39 is 10.8 Å². The Morgan fingerprint density at radius 2 is 2.12 bits per heavy atom. The van der Waals surface area contributed by atoms with Crippen LogP contribution in [0, 0.1) is 5.92 Å². The first-order valence-electron chi connectivity index (χ1n) is 6.56. The summed E-state index contributed by atoms with van der Waals surface area (Å²) in [5.74, 6) is 1.12. The van der Waals surface area contributed by atoms with Crippen LogP contribution < -0.4 is 0 Å². The normalized spacial score (nSPS) is 19.9. The summed E-state index contributed by atoms with van der Waals surface area (Å²) in [7, 11) is -0.785. The minimum Gasteiger partial charge on any atom is -0.266 e. The molecule has 1 aliphatic rings. The summed E-state index contributed by atoms with van der Waals surface area (Å²) in [6, 6.07) is 0. The second kappa shape index (κ2) is 6.48. The van der Waals surface area contributed by atoms with Crippen LogP contribution in [-0.4, -0.2) is 20.9 Å². The Labute approximate surface area is 108 Å². The molecule has 0 fully saturated rings. The van der Waals surface area contributed by atoms with Gasteiger partial charge in [0.25, 0.3) is 0 Å². The predicted octanol–water partition coefficient (Wildman–Crippen LogP) is 3.70. The molecule has 0 saturated carbocycles. The van der Waals surface area contributed by atoms with Gasteiger partial charge in [0.05, 0.1) is 0 Å². The Morgan fingerprint density at radius 3 is 2.59 bits per heavy atom. The third-order valence-corrected chi connectivity index (χ3v) is 5.05. The summed E-state index contributed by atoms with van der Waals surface area (Å²) in [5.41, 5.74) is 1.16. The molecule has 1 rings (SSSR count). The SMILES string of the molecule is CCCC(C[S@@](=O)C(C)(C)C)C1=CCCC=N1. The number of hydrogen-bond acceptors (Lipinski definition) is 2. The minimum absolute atomic E-state index is 0.120. The van der Waals surface area contributed by atoms with E-state index in [1.165, 1.54) is 0 Å². The molecule has 98 valence electrons. The van der Waals surface area contributed by atoms with E-state index >= 15 is 0 Å². The molecule has 0 bridgehead atoms. The fraction of sp³-hybridized carbons (Fsp3) is 0.786. The zero-order valence-electron chi connectivity index (χ0n) is 11.5. The number of rotatable bonds is 5. The van der Waals surface area contributed by atoms with Gasteiger partial charge in [-0.1, -0.05) is 19.4 Å². The highest BCUT2D eigenvalue weighted by molar-refractivity contribution is 7.86. The molecule has 17 heavy (non-hydrogen) atoms. The molecule has 1 unspecified atom stereocenters. The van der Waals surface area contributed by atoms with Gasteiger partial charge in [-0.15, -0.1) is 0 Å². The number of hydrogen-bond donors (Lipinski definition) is 0. The van der Waals surface area contributed by atoms with Gasteiger partial charge in [0.1, 0.15) is 0 Å². The second-order valence-electron chi connectivity index (χ2n) is 5.63. The van der Waals surface area contributed by atoms with Gasteiger partial charge in [-0.25, -0.2) is 0 Å². The van der Waals surface area contributed by atoms with E-state index in [0.29, 0.717) is 5.92 Å². The first-order chi connectivity index (χ1) is 7.95. The van der Waals surface area contributed by atoms with Gasteiger partial charge in [0.2, 0.25) is 0 Å². The molecule has 0 amide bonds. The molecule has 0 spiro atoms. The van der Waals surface area contributed by atoms with Crippen molar-refractivity contribution in [2.75, 3.05) is 5.75 Å². The predicted molar refractivity (Wildman–Crippen MR) is 77.0 cm³/mol. The van der Waals surface area contributed by atoms with Crippen molar-refractivity contribution in [1.82, 2.24) is 0 Å². The molecule has 0 saturated heterocycles. The quantitative estimate of drug-likeness (QED) is 0.736. The average molecular weight is 255 g/mol. The van der Waals surface area contributed by atoms with E-state index in [2.05, 4.69) is 18.0 Å². The highest BCUT2D eigenvalue weighted by Crippen LogP contribution is 2.25. The Balaban J connectivity index is 2.70. The van der Waals surface area contributed by atoms with Gasteiger partial charge in [0, 0.05) is 39.1 Å². The lowest BCUT2D eigenvalue weighted by Crippen LogP contribution is -2.28. The van der Waals surface area contributed by atoms with E-state index in [1.807, 2.05) is 27.0 Å². The molecule has 0 aromatic heterocycles. The van der Waals surface area contributed by atoms with Crippen molar-refractivity contribution in [1.29, 1.82) is 0 Å². The minimum atomic E-state index is -0.785. The zero-order chi connectivity index (χ0) is 12.9. The van der Waals surface area contributed by atoms with Gasteiger partial charge >= 0.3 is 0 Å². The number of aliphatic imine (C=N–C) groups is 1. The highest BCUT2D eigenvalue weighted by Gasteiger charge is 2.24. The fourth-order valence-electron chi connectivity index (χ4n) is 1.90. The monoisotopic (exact) mass is 255 g/mol. The van der Waals surface area contributed by atoms with Crippen molar-refractivity contribution in [3.8, 4) is 0 Å². The van der Waals surface area contributed by atoms with E-state index in [9.17, 15) is 4.21 Å². The van der Waals surface area contributed by atoms with Crippen molar-refractivity contribution < 1.29 is 4.21 Å². The number of nitrogens with zero attached hydrogens (tertiary/aromatic N) is 1. The molecule has 1 aliphatic heterocycles. The van der Waals surface area contributed by atoms with Crippen molar-refractivity contribution in [3.63, 3.8) is 0 Å². The molecule has 3 heteroatoms. The summed E-state index contributed by atoms with van der Waals surface area (Å²) < 4.78 is 12.1. The molecule has 0 aromatic rings. The molecule has 0 aromatic carbocycles. The molecule has 0 N–H and O–H groups in total. The topological polar surface area (TPSA) is 29.4 Å². The first-order valence-corrected chi connectivity index (χ1v) is 7.88. The van der Waals surface area contributed by atoms with Crippen LogP contribution in [0.2, 0.25) is 0 Å². The van der Waals surface area contributed by atoms with E-state index in [0.717, 1.165) is 37.1 Å². The summed E-state index contributed by atoms with van der Waals surface area (Å²) >= 11 is 0. The summed E-state index contributed by atoms with van der Waals surface area (Å²) in [5, 5.41) is 0. The van der Waals surface area contributed by atoms with Gasteiger partial charge in [-0.2, -0.15) is 0 Å². The Morgan fingerprint density at radius 1 is 1.41 bits per heavy atom. The van der Waals surface area contributed by atoms with Crippen LogP contribution in [0.5, 0.6) is 0 Å². The van der Waals surface area contributed by atoms with Crippen LogP contribution in [0.25, 0.3) is 0 Å². The molecule has 1 heterocycles. The smallest absolute Gasteiger partial charge is 0.0400 e. The van der Waals surface area contributed by atoms with Crippen LogP contribution in [0.1, 0.15) is 53.4 Å². The maximum Gasteiger partial charge on any atom is 0.0400 e. The third-order valence-electron chi connectivity index (χ3n) is 2.98. The first kappa shape index (κ1) is 14.6. The summed E-state index contributed by atoms with van der Waals surface area (Å²) in [4.78, 5) is 4.49. The van der Waals surface area contributed by atoms with Crippen LogP contribution in [-0.2, 0) is 10.8 Å².